The predicted octanol–water partition coefficient (Wildman–Crippen LogP) is 1.61. The molecular weight excluding hydrogens is 312 g/mol. The number of benzene rings is 1. The van der Waals surface area contributed by atoms with Gasteiger partial charge in [-0.15, -0.1) is 0 Å². The summed E-state index contributed by atoms with van der Waals surface area (Å²) in [4.78, 5) is 16.5. The van der Waals surface area contributed by atoms with E-state index in [0.717, 1.165) is 5.56 Å². The second-order valence-corrected chi connectivity index (χ2v) is 5.23. The number of nitrogens with zero attached hydrogens (tertiary/aromatic N) is 3. The molecule has 2 unspecified atom stereocenters. The van der Waals surface area contributed by atoms with E-state index < -0.39 is 17.9 Å². The van der Waals surface area contributed by atoms with Gasteiger partial charge in [-0.05, 0) is 18.2 Å². The van der Waals surface area contributed by atoms with Gasteiger partial charge in [0.25, 0.3) is 0 Å². The largest absolute Gasteiger partial charge is 0.497 e. The van der Waals surface area contributed by atoms with Crippen LogP contribution in [-0.2, 0) is 9.53 Å². The highest BCUT2D eigenvalue weighted by Gasteiger charge is 2.41. The fourth-order valence-electron chi connectivity index (χ4n) is 2.88. The summed E-state index contributed by atoms with van der Waals surface area (Å²) in [7, 11) is 4.48. The van der Waals surface area contributed by atoms with Crippen LogP contribution in [0.2, 0.25) is 0 Å². The molecule has 0 spiro atoms. The molecule has 0 bridgehead atoms. The Kier molecular flexibility index (Phi) is 4.11. The van der Waals surface area contributed by atoms with Crippen LogP contribution in [-0.4, -0.2) is 42.1 Å². The summed E-state index contributed by atoms with van der Waals surface area (Å²) in [5.74, 6) is 0.620. The SMILES string of the molecule is C=C1Nc2ncnn2C(c2cc(OC)ccc2OC)C1C(=O)OC. The first-order valence-corrected chi connectivity index (χ1v) is 7.25. The fraction of sp³-hybridized carbons (Fsp3) is 0.312. The van der Waals surface area contributed by atoms with Crippen molar-refractivity contribution in [3.63, 3.8) is 0 Å². The number of ether oxygens (including phenoxy) is 3. The Morgan fingerprint density at radius 2 is 2.08 bits per heavy atom. The minimum atomic E-state index is -0.690. The highest BCUT2D eigenvalue weighted by molar-refractivity contribution is 5.79. The molecule has 3 rings (SSSR count). The summed E-state index contributed by atoms with van der Waals surface area (Å²) in [6.45, 7) is 3.95. The Morgan fingerprint density at radius 3 is 2.75 bits per heavy atom. The fourth-order valence-corrected chi connectivity index (χ4v) is 2.88. The third kappa shape index (κ3) is 2.45. The Bertz CT molecular complexity index is 786. The van der Waals surface area contributed by atoms with E-state index in [0.29, 0.717) is 23.1 Å². The Labute approximate surface area is 139 Å². The average molecular weight is 330 g/mol. The van der Waals surface area contributed by atoms with Gasteiger partial charge < -0.3 is 19.5 Å². The molecule has 1 aromatic heterocycles. The molecular formula is C16H18N4O4. The van der Waals surface area contributed by atoms with Gasteiger partial charge in [0.1, 0.15) is 29.8 Å². The van der Waals surface area contributed by atoms with Crippen LogP contribution in [0.15, 0.2) is 36.8 Å². The maximum Gasteiger partial charge on any atom is 0.317 e. The molecule has 1 N–H and O–H groups in total. The van der Waals surface area contributed by atoms with Gasteiger partial charge in [-0.3, -0.25) is 4.79 Å². The lowest BCUT2D eigenvalue weighted by Crippen LogP contribution is -2.37. The average Bonchev–Trinajstić information content (AvgIpc) is 3.07. The molecule has 0 saturated heterocycles. The van der Waals surface area contributed by atoms with Crippen molar-refractivity contribution in [2.75, 3.05) is 26.6 Å². The highest BCUT2D eigenvalue weighted by Crippen LogP contribution is 2.42. The van der Waals surface area contributed by atoms with Crippen molar-refractivity contribution in [2.45, 2.75) is 6.04 Å². The van der Waals surface area contributed by atoms with E-state index in [4.69, 9.17) is 14.2 Å². The molecule has 1 aromatic carbocycles. The number of rotatable bonds is 4. The van der Waals surface area contributed by atoms with Gasteiger partial charge in [0, 0.05) is 11.3 Å². The molecule has 2 atom stereocenters. The van der Waals surface area contributed by atoms with Crippen LogP contribution >= 0.6 is 0 Å². The molecule has 1 aliphatic rings. The van der Waals surface area contributed by atoms with Crippen LogP contribution < -0.4 is 14.8 Å². The predicted molar refractivity (Wildman–Crippen MR) is 86.0 cm³/mol. The van der Waals surface area contributed by atoms with E-state index in [1.807, 2.05) is 6.07 Å². The van der Waals surface area contributed by atoms with Gasteiger partial charge >= 0.3 is 5.97 Å². The summed E-state index contributed by atoms with van der Waals surface area (Å²) in [5.41, 5.74) is 1.21. The lowest BCUT2D eigenvalue weighted by molar-refractivity contribution is -0.145. The Balaban J connectivity index is 2.22. The number of methoxy groups -OCH3 is 3. The highest BCUT2D eigenvalue weighted by atomic mass is 16.5. The maximum absolute atomic E-state index is 12.4. The number of aromatic nitrogens is 3. The van der Waals surface area contributed by atoms with Crippen LogP contribution in [0.1, 0.15) is 11.6 Å². The second-order valence-electron chi connectivity index (χ2n) is 5.23. The number of nitrogens with one attached hydrogen (secondary N) is 1. The van der Waals surface area contributed by atoms with Crippen molar-refractivity contribution in [3.05, 3.63) is 42.4 Å². The lowest BCUT2D eigenvalue weighted by atomic mass is 9.88. The summed E-state index contributed by atoms with van der Waals surface area (Å²) < 4.78 is 17.4. The number of carbonyl (C=O) groups is 1. The number of hydrogen-bond donors (Lipinski definition) is 1. The third-order valence-corrected chi connectivity index (χ3v) is 4.01. The van der Waals surface area contributed by atoms with Crippen LogP contribution in [0.3, 0.4) is 0 Å². The zero-order chi connectivity index (χ0) is 17.3. The lowest BCUT2D eigenvalue weighted by Gasteiger charge is -2.33. The van der Waals surface area contributed by atoms with Gasteiger partial charge in [-0.25, -0.2) is 4.68 Å². The Hall–Kier alpha value is -3.03. The quantitative estimate of drug-likeness (QED) is 0.852. The first-order valence-electron chi connectivity index (χ1n) is 7.25. The van der Waals surface area contributed by atoms with Gasteiger partial charge in [0.15, 0.2) is 0 Å². The molecule has 0 aliphatic carbocycles. The van der Waals surface area contributed by atoms with Crippen molar-refractivity contribution < 1.29 is 19.0 Å². The van der Waals surface area contributed by atoms with Crippen LogP contribution in [0, 0.1) is 5.92 Å². The molecule has 0 amide bonds. The van der Waals surface area contributed by atoms with E-state index >= 15 is 0 Å². The first kappa shape index (κ1) is 15.9. The van der Waals surface area contributed by atoms with Gasteiger partial charge in [-0.2, -0.15) is 10.1 Å². The molecule has 2 heterocycles. The summed E-state index contributed by atoms with van der Waals surface area (Å²) in [6, 6.07) is 4.86. The number of anilines is 1. The van der Waals surface area contributed by atoms with Gasteiger partial charge in [0.05, 0.1) is 21.3 Å². The second kappa shape index (κ2) is 6.23. The molecule has 0 radical (unpaired) electrons. The van der Waals surface area contributed by atoms with E-state index in [1.165, 1.54) is 13.4 Å². The van der Waals surface area contributed by atoms with Crippen molar-refractivity contribution in [1.29, 1.82) is 0 Å². The zero-order valence-electron chi connectivity index (χ0n) is 13.6. The summed E-state index contributed by atoms with van der Waals surface area (Å²) in [5, 5.41) is 7.24. The number of hydrogen-bond acceptors (Lipinski definition) is 7. The number of esters is 1. The molecule has 8 heteroatoms. The summed E-state index contributed by atoms with van der Waals surface area (Å²) >= 11 is 0. The monoisotopic (exact) mass is 330 g/mol. The molecule has 0 saturated carbocycles. The first-order chi connectivity index (χ1) is 11.6. The minimum Gasteiger partial charge on any atom is -0.497 e. The van der Waals surface area contributed by atoms with Crippen LogP contribution in [0.5, 0.6) is 11.5 Å². The minimum absolute atomic E-state index is 0.427. The van der Waals surface area contributed by atoms with E-state index in [2.05, 4.69) is 22.0 Å². The standard InChI is InChI=1S/C16H18N4O4/c1-9-13(15(21)24-4)14(20-16(19-9)17-8-18-20)11-7-10(22-2)5-6-12(11)23-3/h5-8,13-14H,1H2,2-4H3,(H,17,18,19). The smallest absolute Gasteiger partial charge is 0.317 e. The molecule has 1 aliphatic heterocycles. The van der Waals surface area contributed by atoms with Crippen LogP contribution in [0.4, 0.5) is 5.95 Å². The molecule has 126 valence electrons. The Morgan fingerprint density at radius 1 is 1.29 bits per heavy atom. The molecule has 8 nitrogen and oxygen atoms in total. The summed E-state index contributed by atoms with van der Waals surface area (Å²) in [6.07, 6.45) is 1.41. The van der Waals surface area contributed by atoms with E-state index in [-0.39, 0.29) is 0 Å². The van der Waals surface area contributed by atoms with Crippen molar-refractivity contribution in [3.8, 4) is 11.5 Å². The van der Waals surface area contributed by atoms with Crippen molar-refractivity contribution >= 4 is 11.9 Å². The number of carbonyl (C=O) groups excluding carboxylic acids is 1. The van der Waals surface area contributed by atoms with E-state index in [9.17, 15) is 4.79 Å². The third-order valence-electron chi connectivity index (χ3n) is 4.01. The maximum atomic E-state index is 12.4. The van der Waals surface area contributed by atoms with E-state index in [1.54, 1.807) is 31.0 Å². The number of fused-ring (bicyclic) bond motifs is 1. The van der Waals surface area contributed by atoms with Gasteiger partial charge in [0.2, 0.25) is 5.95 Å². The topological polar surface area (TPSA) is 87.5 Å². The van der Waals surface area contributed by atoms with Crippen molar-refractivity contribution in [2.24, 2.45) is 5.92 Å². The van der Waals surface area contributed by atoms with Crippen molar-refractivity contribution in [1.82, 2.24) is 14.8 Å². The molecule has 24 heavy (non-hydrogen) atoms. The van der Waals surface area contributed by atoms with Gasteiger partial charge in [-0.1, -0.05) is 6.58 Å². The zero-order valence-corrected chi connectivity index (χ0v) is 13.6. The molecule has 2 aromatic rings. The molecule has 0 fully saturated rings. The normalized spacial score (nSPS) is 19.2. The van der Waals surface area contributed by atoms with Crippen LogP contribution in [0.25, 0.3) is 0 Å².